The van der Waals surface area contributed by atoms with Gasteiger partial charge in [0.25, 0.3) is 0 Å². The Labute approximate surface area is 116 Å². The van der Waals surface area contributed by atoms with Crippen LogP contribution < -0.4 is 4.74 Å². The number of rotatable bonds is 5. The van der Waals surface area contributed by atoms with Gasteiger partial charge in [-0.3, -0.25) is 9.59 Å². The molecule has 0 aliphatic rings. The Morgan fingerprint density at radius 1 is 1.05 bits per heavy atom. The van der Waals surface area contributed by atoms with Crippen LogP contribution in [0.2, 0.25) is 0 Å². The predicted molar refractivity (Wildman–Crippen MR) is 74.2 cm³/mol. The minimum atomic E-state index is -0.918. The van der Waals surface area contributed by atoms with Crippen molar-refractivity contribution in [3.63, 3.8) is 0 Å². The highest BCUT2D eigenvalue weighted by Crippen LogP contribution is 2.16. The summed E-state index contributed by atoms with van der Waals surface area (Å²) in [4.78, 5) is 23.0. The lowest BCUT2D eigenvalue weighted by Crippen LogP contribution is -2.04. The Bertz CT molecular complexity index is 629. The molecule has 0 saturated carbocycles. The van der Waals surface area contributed by atoms with Crippen molar-refractivity contribution in [1.82, 2.24) is 0 Å². The number of carboxylic acid groups (broad SMARTS) is 1. The minimum absolute atomic E-state index is 0.0935. The lowest BCUT2D eigenvalue weighted by Gasteiger charge is -2.05. The molecule has 0 bridgehead atoms. The van der Waals surface area contributed by atoms with Crippen LogP contribution >= 0.6 is 0 Å². The van der Waals surface area contributed by atoms with Gasteiger partial charge in [-0.1, -0.05) is 18.2 Å². The van der Waals surface area contributed by atoms with Crippen LogP contribution in [-0.4, -0.2) is 24.0 Å². The Hall–Kier alpha value is -2.62. The molecule has 4 heteroatoms. The van der Waals surface area contributed by atoms with Gasteiger partial charge in [-0.2, -0.15) is 0 Å². The molecule has 102 valence electrons. The second-order valence-electron chi connectivity index (χ2n) is 4.33. The third-order valence-corrected chi connectivity index (χ3v) is 2.90. The predicted octanol–water partition coefficient (Wildman–Crippen LogP) is 2.55. The van der Waals surface area contributed by atoms with Gasteiger partial charge < -0.3 is 9.84 Å². The van der Waals surface area contributed by atoms with E-state index in [9.17, 15) is 9.59 Å². The molecule has 0 heterocycles. The fourth-order valence-corrected chi connectivity index (χ4v) is 1.91. The number of benzene rings is 2. The van der Waals surface area contributed by atoms with Gasteiger partial charge in [0.15, 0.2) is 5.78 Å². The Morgan fingerprint density at radius 2 is 1.75 bits per heavy atom. The topological polar surface area (TPSA) is 63.6 Å². The van der Waals surface area contributed by atoms with E-state index in [-0.39, 0.29) is 12.2 Å². The number of aliphatic carboxylic acids is 1. The number of methoxy groups -OCH3 is 1. The molecule has 2 rings (SSSR count). The average Bonchev–Trinajstić information content (AvgIpc) is 2.46. The van der Waals surface area contributed by atoms with Crippen LogP contribution in [0, 0.1) is 0 Å². The molecular weight excluding hydrogens is 256 g/mol. The second-order valence-corrected chi connectivity index (χ2v) is 4.33. The van der Waals surface area contributed by atoms with E-state index < -0.39 is 5.97 Å². The third-order valence-electron chi connectivity index (χ3n) is 2.90. The first-order chi connectivity index (χ1) is 9.60. The molecule has 4 nitrogen and oxygen atoms in total. The van der Waals surface area contributed by atoms with Crippen molar-refractivity contribution < 1.29 is 19.4 Å². The van der Waals surface area contributed by atoms with Gasteiger partial charge in [0.1, 0.15) is 5.75 Å². The monoisotopic (exact) mass is 270 g/mol. The summed E-state index contributed by atoms with van der Waals surface area (Å²) in [5.74, 6) is -0.375. The normalized spacial score (nSPS) is 10.1. The van der Waals surface area contributed by atoms with Crippen LogP contribution in [-0.2, 0) is 11.2 Å². The molecular formula is C16H14O4. The van der Waals surface area contributed by atoms with E-state index in [4.69, 9.17) is 9.84 Å². The quantitative estimate of drug-likeness (QED) is 0.848. The molecule has 0 aliphatic heterocycles. The van der Waals surface area contributed by atoms with Crippen LogP contribution in [0.3, 0.4) is 0 Å². The molecule has 0 amide bonds. The summed E-state index contributed by atoms with van der Waals surface area (Å²) in [7, 11) is 1.56. The highest BCUT2D eigenvalue weighted by atomic mass is 16.5. The van der Waals surface area contributed by atoms with Crippen molar-refractivity contribution in [3.8, 4) is 5.75 Å². The summed E-state index contributed by atoms with van der Waals surface area (Å²) < 4.78 is 5.04. The second kappa shape index (κ2) is 6.02. The van der Waals surface area contributed by atoms with E-state index in [1.807, 2.05) is 0 Å². The van der Waals surface area contributed by atoms with Gasteiger partial charge in [0, 0.05) is 11.1 Å². The molecule has 0 aromatic heterocycles. The Morgan fingerprint density at radius 3 is 2.35 bits per heavy atom. The SMILES string of the molecule is COc1ccc(C(=O)c2cccc(CC(=O)O)c2)cc1. The molecule has 0 saturated heterocycles. The van der Waals surface area contributed by atoms with E-state index in [2.05, 4.69) is 0 Å². The standard InChI is InChI=1S/C16H14O4/c1-20-14-7-5-12(6-8-14)16(19)13-4-2-3-11(9-13)10-15(17)18/h2-9H,10H2,1H3,(H,17,18). The average molecular weight is 270 g/mol. The summed E-state index contributed by atoms with van der Waals surface area (Å²) in [6.45, 7) is 0. The number of carbonyl (C=O) groups excluding carboxylic acids is 1. The molecule has 1 N–H and O–H groups in total. The van der Waals surface area contributed by atoms with Crippen LogP contribution in [0.25, 0.3) is 0 Å². The van der Waals surface area contributed by atoms with E-state index in [1.165, 1.54) is 0 Å². The van der Waals surface area contributed by atoms with Crippen molar-refractivity contribution >= 4 is 11.8 Å². The Balaban J connectivity index is 2.25. The summed E-state index contributed by atoms with van der Waals surface area (Å²) in [5, 5.41) is 8.77. The first kappa shape index (κ1) is 13.8. The summed E-state index contributed by atoms with van der Waals surface area (Å²) in [5.41, 5.74) is 1.63. The molecule has 0 spiro atoms. The van der Waals surface area contributed by atoms with Crippen LogP contribution in [0.4, 0.5) is 0 Å². The van der Waals surface area contributed by atoms with E-state index in [1.54, 1.807) is 55.6 Å². The van der Waals surface area contributed by atoms with Gasteiger partial charge in [-0.25, -0.2) is 0 Å². The number of ketones is 1. The lowest BCUT2D eigenvalue weighted by atomic mass is 10.0. The first-order valence-corrected chi connectivity index (χ1v) is 6.09. The van der Waals surface area contributed by atoms with Crippen molar-refractivity contribution in [1.29, 1.82) is 0 Å². The number of hydrogen-bond donors (Lipinski definition) is 1. The number of hydrogen-bond acceptors (Lipinski definition) is 3. The van der Waals surface area contributed by atoms with Gasteiger partial charge in [0.05, 0.1) is 13.5 Å². The number of ether oxygens (including phenoxy) is 1. The van der Waals surface area contributed by atoms with Crippen molar-refractivity contribution in [2.45, 2.75) is 6.42 Å². The van der Waals surface area contributed by atoms with Gasteiger partial charge in [-0.05, 0) is 35.9 Å². The zero-order valence-electron chi connectivity index (χ0n) is 11.0. The first-order valence-electron chi connectivity index (χ1n) is 6.09. The summed E-state index contributed by atoms with van der Waals surface area (Å²) >= 11 is 0. The van der Waals surface area contributed by atoms with Gasteiger partial charge in [0.2, 0.25) is 0 Å². The maximum Gasteiger partial charge on any atom is 0.307 e. The largest absolute Gasteiger partial charge is 0.497 e. The molecule has 0 aliphatic carbocycles. The fraction of sp³-hybridized carbons (Fsp3) is 0.125. The zero-order valence-corrected chi connectivity index (χ0v) is 11.0. The Kier molecular flexibility index (Phi) is 4.15. The van der Waals surface area contributed by atoms with Gasteiger partial charge in [-0.15, -0.1) is 0 Å². The highest BCUT2D eigenvalue weighted by molar-refractivity contribution is 6.09. The summed E-state index contributed by atoms with van der Waals surface area (Å²) in [6.07, 6.45) is -0.0935. The van der Waals surface area contributed by atoms with Crippen molar-refractivity contribution in [2.75, 3.05) is 7.11 Å². The maximum absolute atomic E-state index is 12.3. The molecule has 0 fully saturated rings. The van der Waals surface area contributed by atoms with Crippen LogP contribution in [0.5, 0.6) is 5.75 Å². The van der Waals surface area contributed by atoms with Crippen LogP contribution in [0.15, 0.2) is 48.5 Å². The van der Waals surface area contributed by atoms with E-state index in [0.717, 1.165) is 0 Å². The fourth-order valence-electron chi connectivity index (χ4n) is 1.91. The molecule has 0 unspecified atom stereocenters. The number of carbonyl (C=O) groups is 2. The molecule has 0 atom stereocenters. The zero-order chi connectivity index (χ0) is 14.5. The maximum atomic E-state index is 12.3. The molecule has 2 aromatic carbocycles. The minimum Gasteiger partial charge on any atom is -0.497 e. The molecule has 2 aromatic rings. The van der Waals surface area contributed by atoms with E-state index in [0.29, 0.717) is 22.4 Å². The highest BCUT2D eigenvalue weighted by Gasteiger charge is 2.10. The van der Waals surface area contributed by atoms with E-state index >= 15 is 0 Å². The van der Waals surface area contributed by atoms with Crippen LogP contribution in [0.1, 0.15) is 21.5 Å². The lowest BCUT2D eigenvalue weighted by molar-refractivity contribution is -0.136. The number of carboxylic acids is 1. The molecule has 20 heavy (non-hydrogen) atoms. The van der Waals surface area contributed by atoms with Gasteiger partial charge >= 0.3 is 5.97 Å². The molecule has 0 radical (unpaired) electrons. The third kappa shape index (κ3) is 3.23. The summed E-state index contributed by atoms with van der Waals surface area (Å²) in [6, 6.07) is 13.5. The smallest absolute Gasteiger partial charge is 0.307 e. The van der Waals surface area contributed by atoms with Crippen molar-refractivity contribution in [2.24, 2.45) is 0 Å². The van der Waals surface area contributed by atoms with Crippen molar-refractivity contribution in [3.05, 3.63) is 65.2 Å².